The smallest absolute Gasteiger partial charge is 0.125 e. The number of benzene rings is 4. The van der Waals surface area contributed by atoms with E-state index in [2.05, 4.69) is 23.5 Å². The summed E-state index contributed by atoms with van der Waals surface area (Å²) in [7, 11) is 0. The van der Waals surface area contributed by atoms with Crippen molar-refractivity contribution in [2.75, 3.05) is 5.32 Å². The van der Waals surface area contributed by atoms with Gasteiger partial charge in [0.2, 0.25) is 0 Å². The first-order valence-corrected chi connectivity index (χ1v) is 10.3. The predicted octanol–water partition coefficient (Wildman–Crippen LogP) is 7.99. The van der Waals surface area contributed by atoms with Crippen molar-refractivity contribution in [1.29, 1.82) is 0 Å². The number of rotatable bonds is 6. The van der Waals surface area contributed by atoms with Crippen molar-refractivity contribution in [1.82, 2.24) is 0 Å². The van der Waals surface area contributed by atoms with Gasteiger partial charge < -0.3 is 10.1 Å². The molecule has 2 nitrogen and oxygen atoms in total. The number of fused-ring (bicyclic) bond motifs is 1. The van der Waals surface area contributed by atoms with Gasteiger partial charge in [-0.05, 0) is 58.8 Å². The number of anilines is 1. The molecule has 0 radical (unpaired) electrons. The van der Waals surface area contributed by atoms with Crippen molar-refractivity contribution < 1.29 is 4.74 Å². The highest BCUT2D eigenvalue weighted by atomic mass is 35.5. The molecule has 1 N–H and O–H groups in total. The minimum atomic E-state index is 0.406. The minimum Gasteiger partial charge on any atom is -0.489 e. The normalized spacial score (nSPS) is 10.9. The summed E-state index contributed by atoms with van der Waals surface area (Å²) in [5.74, 6) is 0.830. The molecule has 4 rings (SSSR count). The summed E-state index contributed by atoms with van der Waals surface area (Å²) in [5, 5.41) is 7.55. The Morgan fingerprint density at radius 1 is 0.759 bits per heavy atom. The lowest BCUT2D eigenvalue weighted by molar-refractivity contribution is 0.304. The third kappa shape index (κ3) is 4.79. The van der Waals surface area contributed by atoms with Crippen LogP contribution in [0, 0.1) is 0 Å². The zero-order chi connectivity index (χ0) is 20.2. The summed E-state index contributed by atoms with van der Waals surface area (Å²) in [6.07, 6.45) is 0. The van der Waals surface area contributed by atoms with E-state index in [4.69, 9.17) is 39.5 Å². The number of nitrogens with one attached hydrogen (secondary N) is 1. The van der Waals surface area contributed by atoms with Crippen molar-refractivity contribution in [3.05, 3.63) is 105 Å². The summed E-state index contributed by atoms with van der Waals surface area (Å²) in [5.41, 5.74) is 3.06. The maximum Gasteiger partial charge on any atom is 0.125 e. The van der Waals surface area contributed by atoms with E-state index in [-0.39, 0.29) is 0 Å². The van der Waals surface area contributed by atoms with Gasteiger partial charge in [-0.25, -0.2) is 0 Å². The maximum absolute atomic E-state index is 6.17. The summed E-state index contributed by atoms with van der Waals surface area (Å²) in [6.45, 7) is 1.03. The SMILES string of the molecule is Clc1ccc(NCc2c(OCc3ccc(Cl)c(Cl)c3)ccc3ccccc23)cc1. The van der Waals surface area contributed by atoms with Crippen LogP contribution in [-0.2, 0) is 13.2 Å². The molecule has 29 heavy (non-hydrogen) atoms. The lowest BCUT2D eigenvalue weighted by Gasteiger charge is -2.16. The van der Waals surface area contributed by atoms with Gasteiger partial charge in [-0.1, -0.05) is 71.2 Å². The fourth-order valence-corrected chi connectivity index (χ4v) is 3.63. The predicted molar refractivity (Wildman–Crippen MR) is 124 cm³/mol. The molecular weight excluding hydrogens is 425 g/mol. The van der Waals surface area contributed by atoms with Crippen LogP contribution in [0.1, 0.15) is 11.1 Å². The highest BCUT2D eigenvalue weighted by Crippen LogP contribution is 2.30. The van der Waals surface area contributed by atoms with E-state index in [0.29, 0.717) is 28.2 Å². The molecule has 0 aromatic heterocycles. The Kier molecular flexibility index (Phi) is 6.15. The zero-order valence-electron chi connectivity index (χ0n) is 15.5. The molecule has 0 aliphatic carbocycles. The summed E-state index contributed by atoms with van der Waals surface area (Å²) < 4.78 is 6.17. The lowest BCUT2D eigenvalue weighted by atomic mass is 10.0. The topological polar surface area (TPSA) is 21.3 Å². The average Bonchev–Trinajstić information content (AvgIpc) is 2.74. The first-order chi connectivity index (χ1) is 14.1. The van der Waals surface area contributed by atoms with E-state index < -0.39 is 0 Å². The van der Waals surface area contributed by atoms with Crippen LogP contribution >= 0.6 is 34.8 Å². The molecule has 4 aromatic carbocycles. The molecule has 4 aromatic rings. The summed E-state index contributed by atoms with van der Waals surface area (Å²) >= 11 is 18.1. The minimum absolute atomic E-state index is 0.406. The second kappa shape index (κ2) is 8.96. The summed E-state index contributed by atoms with van der Waals surface area (Å²) in [4.78, 5) is 0. The lowest BCUT2D eigenvalue weighted by Crippen LogP contribution is -2.04. The van der Waals surface area contributed by atoms with E-state index in [1.54, 1.807) is 6.07 Å². The van der Waals surface area contributed by atoms with Crippen molar-refractivity contribution >= 4 is 51.3 Å². The van der Waals surface area contributed by atoms with Gasteiger partial charge in [-0.2, -0.15) is 0 Å². The Morgan fingerprint density at radius 3 is 2.34 bits per heavy atom. The molecule has 0 unspecified atom stereocenters. The second-order valence-electron chi connectivity index (χ2n) is 6.66. The largest absolute Gasteiger partial charge is 0.489 e. The Bertz CT molecular complexity index is 1140. The molecule has 146 valence electrons. The Hall–Kier alpha value is -2.39. The quantitative estimate of drug-likeness (QED) is 0.327. The van der Waals surface area contributed by atoms with Crippen molar-refractivity contribution in [2.24, 2.45) is 0 Å². The highest BCUT2D eigenvalue weighted by Gasteiger charge is 2.10. The van der Waals surface area contributed by atoms with Gasteiger partial charge in [-0.3, -0.25) is 0 Å². The van der Waals surface area contributed by atoms with Gasteiger partial charge in [0.05, 0.1) is 10.0 Å². The van der Waals surface area contributed by atoms with Crippen LogP contribution in [0.5, 0.6) is 5.75 Å². The molecule has 0 fully saturated rings. The van der Waals surface area contributed by atoms with E-state index >= 15 is 0 Å². The first kappa shape index (κ1) is 19.9. The zero-order valence-corrected chi connectivity index (χ0v) is 17.7. The first-order valence-electron chi connectivity index (χ1n) is 9.17. The molecule has 0 saturated heterocycles. The third-order valence-electron chi connectivity index (χ3n) is 4.69. The van der Waals surface area contributed by atoms with Gasteiger partial charge in [-0.15, -0.1) is 0 Å². The van der Waals surface area contributed by atoms with Crippen LogP contribution in [0.25, 0.3) is 10.8 Å². The van der Waals surface area contributed by atoms with Crippen LogP contribution in [0.4, 0.5) is 5.69 Å². The van der Waals surface area contributed by atoms with Gasteiger partial charge in [0.1, 0.15) is 12.4 Å². The third-order valence-corrected chi connectivity index (χ3v) is 5.68. The van der Waals surface area contributed by atoms with E-state index in [1.165, 1.54) is 5.39 Å². The molecular formula is C24H18Cl3NO. The van der Waals surface area contributed by atoms with Crippen LogP contribution in [0.15, 0.2) is 78.9 Å². The van der Waals surface area contributed by atoms with E-state index in [0.717, 1.165) is 28.0 Å². The number of hydrogen-bond donors (Lipinski definition) is 1. The molecule has 0 spiro atoms. The Balaban J connectivity index is 1.61. The summed E-state index contributed by atoms with van der Waals surface area (Å²) in [6, 6.07) is 25.6. The van der Waals surface area contributed by atoms with Crippen molar-refractivity contribution in [3.63, 3.8) is 0 Å². The number of ether oxygens (including phenoxy) is 1. The van der Waals surface area contributed by atoms with Gasteiger partial charge in [0, 0.05) is 22.8 Å². The Labute approximate surface area is 185 Å². The molecule has 5 heteroatoms. The Morgan fingerprint density at radius 2 is 1.55 bits per heavy atom. The van der Waals surface area contributed by atoms with Crippen LogP contribution in [0.3, 0.4) is 0 Å². The van der Waals surface area contributed by atoms with Gasteiger partial charge in [0.25, 0.3) is 0 Å². The van der Waals surface area contributed by atoms with Gasteiger partial charge >= 0.3 is 0 Å². The number of halogens is 3. The van der Waals surface area contributed by atoms with Crippen LogP contribution in [-0.4, -0.2) is 0 Å². The second-order valence-corrected chi connectivity index (χ2v) is 7.91. The maximum atomic E-state index is 6.17. The standard InChI is InChI=1S/C24H18Cl3NO/c25-18-7-9-19(10-8-18)28-14-21-20-4-2-1-3-17(20)6-12-24(21)29-15-16-5-11-22(26)23(27)13-16/h1-13,28H,14-15H2. The molecule has 0 bridgehead atoms. The molecule has 0 saturated carbocycles. The van der Waals surface area contributed by atoms with E-state index in [9.17, 15) is 0 Å². The van der Waals surface area contributed by atoms with Crippen LogP contribution in [0.2, 0.25) is 15.1 Å². The van der Waals surface area contributed by atoms with Crippen molar-refractivity contribution in [2.45, 2.75) is 13.2 Å². The average molecular weight is 443 g/mol. The molecule has 0 atom stereocenters. The monoisotopic (exact) mass is 441 g/mol. The van der Waals surface area contributed by atoms with E-state index in [1.807, 2.05) is 54.6 Å². The fourth-order valence-electron chi connectivity index (χ4n) is 3.18. The van der Waals surface area contributed by atoms with Crippen molar-refractivity contribution in [3.8, 4) is 5.75 Å². The highest BCUT2D eigenvalue weighted by molar-refractivity contribution is 6.42. The molecule has 0 heterocycles. The fraction of sp³-hybridized carbons (Fsp3) is 0.0833. The van der Waals surface area contributed by atoms with Crippen LogP contribution < -0.4 is 10.1 Å². The van der Waals surface area contributed by atoms with Gasteiger partial charge in [0.15, 0.2) is 0 Å². The molecule has 0 amide bonds. The molecule has 0 aliphatic rings. The number of hydrogen-bond acceptors (Lipinski definition) is 2. The molecule has 0 aliphatic heterocycles.